The Hall–Kier alpha value is -0.670. The Morgan fingerprint density at radius 1 is 1.18 bits per heavy atom. The maximum atomic E-state index is 7.43. The highest BCUT2D eigenvalue weighted by molar-refractivity contribution is 7.35. The summed E-state index contributed by atoms with van der Waals surface area (Å²) in [5.74, 6) is 0. The minimum Gasteiger partial charge on any atom is -0.281 e. The van der Waals surface area contributed by atoms with Crippen LogP contribution < -0.4 is 3.98 Å². The molecule has 0 radical (unpaired) electrons. The first kappa shape index (κ1) is 7.00. The first-order chi connectivity index (χ1) is 5.25. The quantitative estimate of drug-likeness (QED) is 0.646. The van der Waals surface area contributed by atoms with Crippen molar-refractivity contribution in [2.24, 2.45) is 0 Å². The van der Waals surface area contributed by atoms with E-state index in [-0.39, 0.29) is 0 Å². The lowest BCUT2D eigenvalue weighted by molar-refractivity contribution is 1.41. The molecule has 0 unspecified atom stereocenters. The molecular weight excluding hydrogens is 174 g/mol. The van der Waals surface area contributed by atoms with Crippen LogP contribution in [0.25, 0.3) is 9.40 Å². The minimum absolute atomic E-state index is 0.686. The summed E-state index contributed by atoms with van der Waals surface area (Å²) in [6.45, 7) is 2.08. The van der Waals surface area contributed by atoms with Crippen LogP contribution >= 0.6 is 22.7 Å². The zero-order valence-corrected chi connectivity index (χ0v) is 7.68. The Labute approximate surface area is 72.5 Å². The summed E-state index contributed by atoms with van der Waals surface area (Å²) >= 11 is 3.10. The molecule has 1 aromatic carbocycles. The first-order valence-electron chi connectivity index (χ1n) is 3.30. The van der Waals surface area contributed by atoms with E-state index in [9.17, 15) is 0 Å². The summed E-state index contributed by atoms with van der Waals surface area (Å²) in [5, 5.41) is 7.43. The lowest BCUT2D eigenvalue weighted by atomic mass is 10.2. The van der Waals surface area contributed by atoms with E-state index >= 15 is 0 Å². The van der Waals surface area contributed by atoms with Crippen LogP contribution in [0.5, 0.6) is 0 Å². The van der Waals surface area contributed by atoms with Crippen LogP contribution in [0.1, 0.15) is 5.56 Å². The van der Waals surface area contributed by atoms with Gasteiger partial charge in [0.25, 0.3) is 0 Å². The van der Waals surface area contributed by atoms with Gasteiger partial charge in [-0.1, -0.05) is 6.07 Å². The van der Waals surface area contributed by atoms with Gasteiger partial charge >= 0.3 is 0 Å². The van der Waals surface area contributed by atoms with E-state index in [0.29, 0.717) is 3.98 Å². The van der Waals surface area contributed by atoms with E-state index in [0.717, 1.165) is 0 Å². The standard InChI is InChI=1S/C8H7NS2/c1-5-2-3-6-7(4-5)11-8(9)10-6/h2-4,9H,1H3. The number of nitrogens with one attached hydrogen (secondary N) is 1. The van der Waals surface area contributed by atoms with Gasteiger partial charge in [-0.25, -0.2) is 0 Å². The highest BCUT2D eigenvalue weighted by atomic mass is 32.2. The summed E-state index contributed by atoms with van der Waals surface area (Å²) in [6, 6.07) is 6.31. The highest BCUT2D eigenvalue weighted by Crippen LogP contribution is 2.21. The van der Waals surface area contributed by atoms with Gasteiger partial charge < -0.3 is 0 Å². The normalized spacial score (nSPS) is 10.6. The van der Waals surface area contributed by atoms with Gasteiger partial charge in [0.05, 0.1) is 0 Å². The minimum atomic E-state index is 0.686. The third-order valence-corrected chi connectivity index (χ3v) is 3.64. The van der Waals surface area contributed by atoms with Gasteiger partial charge in [-0.3, -0.25) is 5.41 Å². The Morgan fingerprint density at radius 3 is 2.73 bits per heavy atom. The van der Waals surface area contributed by atoms with Crippen molar-refractivity contribution in [2.75, 3.05) is 0 Å². The monoisotopic (exact) mass is 181 g/mol. The molecule has 0 atom stereocenters. The highest BCUT2D eigenvalue weighted by Gasteiger charge is 1.96. The van der Waals surface area contributed by atoms with Gasteiger partial charge in [0, 0.05) is 9.40 Å². The largest absolute Gasteiger partial charge is 0.281 e. The number of hydrogen-bond donors (Lipinski definition) is 1. The molecule has 0 aliphatic rings. The summed E-state index contributed by atoms with van der Waals surface area (Å²) in [5.41, 5.74) is 1.27. The van der Waals surface area contributed by atoms with Crippen LogP contribution in [-0.2, 0) is 0 Å². The molecule has 56 valence electrons. The molecule has 0 fully saturated rings. The fourth-order valence-electron chi connectivity index (χ4n) is 1.000. The van der Waals surface area contributed by atoms with Crippen LogP contribution in [0.15, 0.2) is 18.2 Å². The number of benzene rings is 1. The zero-order valence-electron chi connectivity index (χ0n) is 6.05. The van der Waals surface area contributed by atoms with Crippen LogP contribution in [0.2, 0.25) is 0 Å². The molecule has 0 saturated carbocycles. The number of aryl methyl sites for hydroxylation is 1. The smallest absolute Gasteiger partial charge is 0.164 e. The Bertz CT molecular complexity index is 439. The van der Waals surface area contributed by atoms with E-state index in [1.54, 1.807) is 22.7 Å². The van der Waals surface area contributed by atoms with Crippen LogP contribution in [0.4, 0.5) is 0 Å². The van der Waals surface area contributed by atoms with Crippen LogP contribution in [-0.4, -0.2) is 0 Å². The van der Waals surface area contributed by atoms with Gasteiger partial charge in [0.15, 0.2) is 3.98 Å². The molecule has 11 heavy (non-hydrogen) atoms. The van der Waals surface area contributed by atoms with E-state index in [4.69, 9.17) is 5.41 Å². The predicted octanol–water partition coefficient (Wildman–Crippen LogP) is 2.75. The van der Waals surface area contributed by atoms with E-state index in [1.807, 2.05) is 0 Å². The lowest BCUT2D eigenvalue weighted by Crippen LogP contribution is -1.73. The lowest BCUT2D eigenvalue weighted by Gasteiger charge is -1.88. The van der Waals surface area contributed by atoms with Gasteiger partial charge in [-0.2, -0.15) is 0 Å². The summed E-state index contributed by atoms with van der Waals surface area (Å²) < 4.78 is 3.15. The number of rotatable bonds is 0. The molecule has 3 heteroatoms. The van der Waals surface area contributed by atoms with E-state index in [1.165, 1.54) is 15.0 Å². The predicted molar refractivity (Wildman–Crippen MR) is 50.3 cm³/mol. The Balaban J connectivity index is 2.92. The summed E-state index contributed by atoms with van der Waals surface area (Å²) in [4.78, 5) is 0. The van der Waals surface area contributed by atoms with Crippen molar-refractivity contribution in [3.8, 4) is 0 Å². The second kappa shape index (κ2) is 2.43. The molecule has 0 aliphatic carbocycles. The van der Waals surface area contributed by atoms with Crippen molar-refractivity contribution >= 4 is 32.1 Å². The average molecular weight is 181 g/mol. The molecule has 0 aliphatic heterocycles. The number of hydrogen-bond acceptors (Lipinski definition) is 3. The maximum absolute atomic E-state index is 7.43. The zero-order chi connectivity index (χ0) is 7.84. The molecule has 2 rings (SSSR count). The second-order valence-electron chi connectivity index (χ2n) is 2.44. The molecule has 0 spiro atoms. The molecule has 1 aromatic heterocycles. The molecule has 1 heterocycles. The van der Waals surface area contributed by atoms with Crippen LogP contribution in [0, 0.1) is 12.3 Å². The van der Waals surface area contributed by atoms with Crippen LogP contribution in [0.3, 0.4) is 0 Å². The SMILES string of the molecule is Cc1ccc2sc(=N)sc2c1. The van der Waals surface area contributed by atoms with Gasteiger partial charge in [0.2, 0.25) is 0 Å². The summed E-state index contributed by atoms with van der Waals surface area (Å²) in [6.07, 6.45) is 0. The van der Waals surface area contributed by atoms with Crippen molar-refractivity contribution in [2.45, 2.75) is 6.92 Å². The van der Waals surface area contributed by atoms with Gasteiger partial charge in [-0.15, -0.1) is 22.7 Å². The summed E-state index contributed by atoms with van der Waals surface area (Å²) in [7, 11) is 0. The van der Waals surface area contributed by atoms with Crippen molar-refractivity contribution in [1.29, 1.82) is 5.41 Å². The third kappa shape index (κ3) is 1.21. The molecule has 0 amide bonds. The molecule has 1 nitrogen and oxygen atoms in total. The fourth-order valence-corrected chi connectivity index (χ4v) is 3.06. The molecule has 0 saturated heterocycles. The average Bonchev–Trinajstić information content (AvgIpc) is 2.27. The third-order valence-electron chi connectivity index (χ3n) is 1.50. The van der Waals surface area contributed by atoms with Crippen molar-refractivity contribution in [3.05, 3.63) is 27.7 Å². The van der Waals surface area contributed by atoms with Gasteiger partial charge in [-0.05, 0) is 24.6 Å². The maximum Gasteiger partial charge on any atom is 0.164 e. The second-order valence-corrected chi connectivity index (χ2v) is 4.80. The van der Waals surface area contributed by atoms with E-state index < -0.39 is 0 Å². The topological polar surface area (TPSA) is 23.9 Å². The van der Waals surface area contributed by atoms with Crippen molar-refractivity contribution < 1.29 is 0 Å². The van der Waals surface area contributed by atoms with Gasteiger partial charge in [0.1, 0.15) is 0 Å². The molecular formula is C8H7NS2. The molecule has 1 N–H and O–H groups in total. The fraction of sp³-hybridized carbons (Fsp3) is 0.125. The molecule has 2 aromatic rings. The van der Waals surface area contributed by atoms with Crippen molar-refractivity contribution in [3.63, 3.8) is 0 Å². The number of fused-ring (bicyclic) bond motifs is 1. The Morgan fingerprint density at radius 2 is 1.91 bits per heavy atom. The first-order valence-corrected chi connectivity index (χ1v) is 4.94. The van der Waals surface area contributed by atoms with E-state index in [2.05, 4.69) is 25.1 Å². The Kier molecular flexibility index (Phi) is 1.55. The van der Waals surface area contributed by atoms with Crippen molar-refractivity contribution in [1.82, 2.24) is 0 Å². The molecule has 0 bridgehead atoms.